The van der Waals surface area contributed by atoms with Crippen molar-refractivity contribution in [2.75, 3.05) is 47.1 Å². The van der Waals surface area contributed by atoms with Crippen molar-refractivity contribution in [2.24, 2.45) is 0 Å². The van der Waals surface area contributed by atoms with Gasteiger partial charge in [-0.3, -0.25) is 9.69 Å². The molecule has 0 saturated carbocycles. The second-order valence-corrected chi connectivity index (χ2v) is 3.50. The molecule has 0 aliphatic carbocycles. The second-order valence-electron chi connectivity index (χ2n) is 3.50. The Labute approximate surface area is 90.3 Å². The van der Waals surface area contributed by atoms with Crippen molar-refractivity contribution in [2.45, 2.75) is 12.5 Å². The SMILES string of the molecule is COCCCN1CCOCC1C(=O)OC. The summed E-state index contributed by atoms with van der Waals surface area (Å²) < 4.78 is 15.0. The number of hydrogen-bond donors (Lipinski definition) is 0. The van der Waals surface area contributed by atoms with Crippen molar-refractivity contribution in [3.8, 4) is 0 Å². The van der Waals surface area contributed by atoms with Gasteiger partial charge >= 0.3 is 5.97 Å². The molecule has 0 amide bonds. The number of methoxy groups -OCH3 is 2. The minimum absolute atomic E-state index is 0.216. The van der Waals surface area contributed by atoms with Crippen LogP contribution in [0.25, 0.3) is 0 Å². The Hall–Kier alpha value is -0.650. The Balaban J connectivity index is 2.39. The number of rotatable bonds is 5. The molecule has 1 fully saturated rings. The number of ether oxygens (including phenoxy) is 3. The summed E-state index contributed by atoms with van der Waals surface area (Å²) in [6, 6.07) is -0.249. The minimum Gasteiger partial charge on any atom is -0.468 e. The number of hydrogen-bond acceptors (Lipinski definition) is 5. The van der Waals surface area contributed by atoms with Crippen molar-refractivity contribution in [1.82, 2.24) is 4.90 Å². The van der Waals surface area contributed by atoms with Crippen LogP contribution in [0.3, 0.4) is 0 Å². The van der Waals surface area contributed by atoms with E-state index in [1.807, 2.05) is 0 Å². The molecule has 0 radical (unpaired) electrons. The molecule has 1 heterocycles. The third-order valence-corrected chi connectivity index (χ3v) is 2.51. The summed E-state index contributed by atoms with van der Waals surface area (Å²) in [6.45, 7) is 3.45. The monoisotopic (exact) mass is 217 g/mol. The topological polar surface area (TPSA) is 48.0 Å². The average Bonchev–Trinajstić information content (AvgIpc) is 2.29. The van der Waals surface area contributed by atoms with Crippen LogP contribution in [0.4, 0.5) is 0 Å². The molecule has 1 aliphatic heterocycles. The molecule has 1 aliphatic rings. The molecule has 0 N–H and O–H groups in total. The van der Waals surface area contributed by atoms with E-state index in [9.17, 15) is 4.79 Å². The van der Waals surface area contributed by atoms with Crippen molar-refractivity contribution in [3.05, 3.63) is 0 Å². The van der Waals surface area contributed by atoms with Gasteiger partial charge in [0, 0.05) is 26.8 Å². The van der Waals surface area contributed by atoms with Gasteiger partial charge in [0.05, 0.1) is 20.3 Å². The van der Waals surface area contributed by atoms with Gasteiger partial charge in [-0.2, -0.15) is 0 Å². The number of nitrogens with zero attached hydrogens (tertiary/aromatic N) is 1. The van der Waals surface area contributed by atoms with E-state index in [4.69, 9.17) is 14.2 Å². The van der Waals surface area contributed by atoms with E-state index in [-0.39, 0.29) is 12.0 Å². The van der Waals surface area contributed by atoms with Gasteiger partial charge in [-0.1, -0.05) is 0 Å². The number of esters is 1. The highest BCUT2D eigenvalue weighted by Crippen LogP contribution is 2.08. The molecule has 15 heavy (non-hydrogen) atoms. The van der Waals surface area contributed by atoms with Crippen molar-refractivity contribution in [1.29, 1.82) is 0 Å². The Kier molecular flexibility index (Phi) is 5.60. The molecule has 0 aromatic carbocycles. The standard InChI is InChI=1S/C10H19NO4/c1-13-6-3-4-11-5-7-15-8-9(11)10(12)14-2/h9H,3-8H2,1-2H3. The largest absolute Gasteiger partial charge is 0.468 e. The van der Waals surface area contributed by atoms with Gasteiger partial charge in [-0.25, -0.2) is 0 Å². The number of morpholine rings is 1. The summed E-state index contributed by atoms with van der Waals surface area (Å²) in [4.78, 5) is 13.5. The fourth-order valence-corrected chi connectivity index (χ4v) is 1.67. The van der Waals surface area contributed by atoms with Crippen molar-refractivity contribution in [3.63, 3.8) is 0 Å². The lowest BCUT2D eigenvalue weighted by molar-refractivity contribution is -0.153. The maximum Gasteiger partial charge on any atom is 0.325 e. The quantitative estimate of drug-likeness (QED) is 0.475. The van der Waals surface area contributed by atoms with Gasteiger partial charge in [-0.15, -0.1) is 0 Å². The van der Waals surface area contributed by atoms with Crippen molar-refractivity contribution >= 4 is 5.97 Å². The summed E-state index contributed by atoms with van der Waals surface area (Å²) >= 11 is 0. The number of carbonyl (C=O) groups excluding carboxylic acids is 1. The fourth-order valence-electron chi connectivity index (χ4n) is 1.67. The van der Waals surface area contributed by atoms with Crippen molar-refractivity contribution < 1.29 is 19.0 Å². The highest BCUT2D eigenvalue weighted by Gasteiger charge is 2.29. The smallest absolute Gasteiger partial charge is 0.325 e. The van der Waals surface area contributed by atoms with Crippen LogP contribution in [0.15, 0.2) is 0 Å². The maximum absolute atomic E-state index is 11.4. The maximum atomic E-state index is 11.4. The fraction of sp³-hybridized carbons (Fsp3) is 0.900. The number of carbonyl (C=O) groups is 1. The molecular weight excluding hydrogens is 198 g/mol. The predicted molar refractivity (Wildman–Crippen MR) is 54.7 cm³/mol. The zero-order valence-electron chi connectivity index (χ0n) is 9.40. The minimum atomic E-state index is -0.249. The van der Waals surface area contributed by atoms with Crippen LogP contribution in [-0.4, -0.2) is 64.0 Å². The lowest BCUT2D eigenvalue weighted by atomic mass is 10.2. The van der Waals surface area contributed by atoms with Crippen LogP contribution < -0.4 is 0 Å². The highest BCUT2D eigenvalue weighted by molar-refractivity contribution is 5.75. The lowest BCUT2D eigenvalue weighted by Gasteiger charge is -2.33. The Morgan fingerprint density at radius 3 is 3.00 bits per heavy atom. The lowest BCUT2D eigenvalue weighted by Crippen LogP contribution is -2.50. The van der Waals surface area contributed by atoms with Gasteiger partial charge in [-0.05, 0) is 6.42 Å². The molecule has 88 valence electrons. The van der Waals surface area contributed by atoms with Crippen LogP contribution in [0.5, 0.6) is 0 Å². The van der Waals surface area contributed by atoms with Gasteiger partial charge in [0.1, 0.15) is 6.04 Å². The first kappa shape index (κ1) is 12.4. The van der Waals surface area contributed by atoms with E-state index in [0.29, 0.717) is 19.8 Å². The summed E-state index contributed by atoms with van der Waals surface area (Å²) in [5, 5.41) is 0. The van der Waals surface area contributed by atoms with E-state index in [1.54, 1.807) is 7.11 Å². The molecule has 1 atom stereocenters. The van der Waals surface area contributed by atoms with E-state index in [0.717, 1.165) is 19.5 Å². The van der Waals surface area contributed by atoms with Crippen LogP contribution in [0.2, 0.25) is 0 Å². The van der Waals surface area contributed by atoms with Crippen LogP contribution in [0, 0.1) is 0 Å². The molecular formula is C10H19NO4. The van der Waals surface area contributed by atoms with E-state index >= 15 is 0 Å². The molecule has 0 aromatic rings. The first-order valence-corrected chi connectivity index (χ1v) is 5.18. The summed E-state index contributed by atoms with van der Waals surface area (Å²) in [6.07, 6.45) is 0.921. The zero-order valence-corrected chi connectivity index (χ0v) is 9.40. The second kappa shape index (κ2) is 6.76. The van der Waals surface area contributed by atoms with Crippen LogP contribution >= 0.6 is 0 Å². The molecule has 5 nitrogen and oxygen atoms in total. The Morgan fingerprint density at radius 1 is 1.53 bits per heavy atom. The third kappa shape index (κ3) is 3.77. The highest BCUT2D eigenvalue weighted by atomic mass is 16.5. The van der Waals surface area contributed by atoms with Crippen LogP contribution in [-0.2, 0) is 19.0 Å². The molecule has 0 aromatic heterocycles. The Morgan fingerprint density at radius 2 is 2.33 bits per heavy atom. The van der Waals surface area contributed by atoms with E-state index in [1.165, 1.54) is 7.11 Å². The average molecular weight is 217 g/mol. The van der Waals surface area contributed by atoms with Gasteiger partial charge in [0.15, 0.2) is 0 Å². The Bertz CT molecular complexity index is 198. The van der Waals surface area contributed by atoms with Gasteiger partial charge in [0.2, 0.25) is 0 Å². The molecule has 1 unspecified atom stereocenters. The normalized spacial score (nSPS) is 22.7. The first-order chi connectivity index (χ1) is 7.29. The molecule has 1 saturated heterocycles. The predicted octanol–water partition coefficient (Wildman–Crippen LogP) is -0.103. The first-order valence-electron chi connectivity index (χ1n) is 5.18. The van der Waals surface area contributed by atoms with Gasteiger partial charge in [0.25, 0.3) is 0 Å². The molecule has 0 spiro atoms. The molecule has 5 heteroatoms. The van der Waals surface area contributed by atoms with E-state index < -0.39 is 0 Å². The summed E-state index contributed by atoms with van der Waals surface area (Å²) in [5.74, 6) is -0.216. The summed E-state index contributed by atoms with van der Waals surface area (Å²) in [7, 11) is 3.08. The van der Waals surface area contributed by atoms with E-state index in [2.05, 4.69) is 4.90 Å². The molecule has 0 bridgehead atoms. The third-order valence-electron chi connectivity index (χ3n) is 2.51. The van der Waals surface area contributed by atoms with Gasteiger partial charge < -0.3 is 14.2 Å². The zero-order chi connectivity index (χ0) is 11.1. The van der Waals surface area contributed by atoms with Crippen LogP contribution in [0.1, 0.15) is 6.42 Å². The molecule has 1 rings (SSSR count). The summed E-state index contributed by atoms with van der Waals surface area (Å²) in [5.41, 5.74) is 0.